The van der Waals surface area contributed by atoms with Gasteiger partial charge in [0.15, 0.2) is 0 Å². The van der Waals surface area contributed by atoms with Crippen molar-refractivity contribution in [3.8, 4) is 5.75 Å². The third-order valence-electron chi connectivity index (χ3n) is 9.23. The SMILES string of the molecule is CC[C@@H]1CN2CC[C@H]1C[C@H]2[C@@H](Nc1c(Nc2cc(C(F)(F)F)cc(C(F)(F)F)c2)c(=O)c1=O)c1ccnc2ccc(OC)cc12. The largest absolute Gasteiger partial charge is 0.497 e. The van der Waals surface area contributed by atoms with Crippen LogP contribution in [-0.4, -0.2) is 36.1 Å². The Kier molecular flexibility index (Phi) is 7.78. The van der Waals surface area contributed by atoms with Gasteiger partial charge in [-0.25, -0.2) is 0 Å². The molecule has 0 saturated carbocycles. The fraction of sp³-hybridized carbons (Fsp3) is 0.406. The van der Waals surface area contributed by atoms with Crippen LogP contribution in [0.1, 0.15) is 48.9 Å². The molecule has 4 aromatic rings. The van der Waals surface area contributed by atoms with Crippen LogP contribution in [-0.2, 0) is 12.4 Å². The van der Waals surface area contributed by atoms with Crippen molar-refractivity contribution in [3.05, 3.63) is 85.8 Å². The van der Waals surface area contributed by atoms with E-state index < -0.39 is 51.8 Å². The topological polar surface area (TPSA) is 83.6 Å². The molecule has 7 nitrogen and oxygen atoms in total. The molecule has 5 atom stereocenters. The fourth-order valence-corrected chi connectivity index (χ4v) is 6.89. The Labute approximate surface area is 253 Å². The minimum atomic E-state index is -5.08. The monoisotopic (exact) mass is 632 g/mol. The van der Waals surface area contributed by atoms with Crippen LogP contribution in [0.3, 0.4) is 0 Å². The number of alkyl halides is 6. The molecule has 7 rings (SSSR count). The van der Waals surface area contributed by atoms with Crippen LogP contribution in [0.25, 0.3) is 10.9 Å². The molecule has 0 amide bonds. The maximum absolute atomic E-state index is 13.5. The Morgan fingerprint density at radius 3 is 2.27 bits per heavy atom. The number of nitrogens with zero attached hydrogens (tertiary/aromatic N) is 2. The molecule has 0 aliphatic carbocycles. The Balaban J connectivity index is 1.42. The van der Waals surface area contributed by atoms with E-state index in [9.17, 15) is 35.9 Å². The highest BCUT2D eigenvalue weighted by Crippen LogP contribution is 2.45. The van der Waals surface area contributed by atoms with E-state index in [0.29, 0.717) is 35.2 Å². The lowest BCUT2D eigenvalue weighted by Crippen LogP contribution is -2.56. The summed E-state index contributed by atoms with van der Waals surface area (Å²) < 4.78 is 86.4. The van der Waals surface area contributed by atoms with Gasteiger partial charge >= 0.3 is 12.4 Å². The molecule has 3 aliphatic heterocycles. The van der Waals surface area contributed by atoms with Gasteiger partial charge in [-0.2, -0.15) is 26.3 Å². The van der Waals surface area contributed by atoms with Crippen LogP contribution in [0.2, 0.25) is 0 Å². The molecule has 0 spiro atoms. The highest BCUT2D eigenvalue weighted by molar-refractivity contribution is 5.85. The van der Waals surface area contributed by atoms with E-state index >= 15 is 0 Å². The Hall–Kier alpha value is -4.13. The summed E-state index contributed by atoms with van der Waals surface area (Å²) in [4.78, 5) is 32.5. The van der Waals surface area contributed by atoms with Gasteiger partial charge in [-0.05, 0) is 79.3 Å². The summed E-state index contributed by atoms with van der Waals surface area (Å²) in [6.07, 6.45) is -5.68. The Bertz CT molecular complexity index is 1780. The average molecular weight is 633 g/mol. The van der Waals surface area contributed by atoms with Crippen LogP contribution in [0, 0.1) is 11.8 Å². The normalized spacial score (nSPS) is 22.5. The Morgan fingerprint density at radius 1 is 0.978 bits per heavy atom. The number of nitrogens with one attached hydrogen (secondary N) is 2. The highest BCUT2D eigenvalue weighted by atomic mass is 19.4. The number of methoxy groups -OCH3 is 1. The molecule has 4 heterocycles. The van der Waals surface area contributed by atoms with Gasteiger partial charge in [-0.3, -0.25) is 19.5 Å². The van der Waals surface area contributed by atoms with Crippen molar-refractivity contribution in [1.82, 2.24) is 9.88 Å². The Morgan fingerprint density at radius 2 is 1.67 bits per heavy atom. The van der Waals surface area contributed by atoms with Gasteiger partial charge in [0.25, 0.3) is 10.9 Å². The summed E-state index contributed by atoms with van der Waals surface area (Å²) in [5.41, 5.74) is -4.82. The summed E-state index contributed by atoms with van der Waals surface area (Å²) in [5, 5.41) is 6.36. The second-order valence-electron chi connectivity index (χ2n) is 11.7. The number of pyridine rings is 1. The van der Waals surface area contributed by atoms with Crippen LogP contribution in [0.4, 0.5) is 43.4 Å². The van der Waals surface area contributed by atoms with E-state index in [0.717, 1.165) is 43.3 Å². The summed E-state index contributed by atoms with van der Waals surface area (Å²) in [6.45, 7) is 3.83. The van der Waals surface area contributed by atoms with E-state index in [4.69, 9.17) is 4.74 Å². The third kappa shape index (κ3) is 5.73. The molecule has 3 aromatic carbocycles. The van der Waals surface area contributed by atoms with Gasteiger partial charge in [0.05, 0.1) is 29.8 Å². The summed E-state index contributed by atoms with van der Waals surface area (Å²) >= 11 is 0. The molecule has 3 fully saturated rings. The van der Waals surface area contributed by atoms with Gasteiger partial charge < -0.3 is 15.4 Å². The summed E-state index contributed by atoms with van der Waals surface area (Å²) in [5.74, 6) is 1.53. The zero-order valence-electron chi connectivity index (χ0n) is 24.4. The number of anilines is 3. The number of benzene rings is 2. The first kappa shape index (κ1) is 30.9. The number of piperidine rings is 3. The molecular weight excluding hydrogens is 602 g/mol. The molecule has 238 valence electrons. The molecule has 13 heteroatoms. The second kappa shape index (κ2) is 11.3. The molecule has 3 aliphatic rings. The van der Waals surface area contributed by atoms with Crippen LogP contribution in [0.5, 0.6) is 5.75 Å². The quantitative estimate of drug-likeness (QED) is 0.162. The minimum absolute atomic E-state index is 0.00144. The van der Waals surface area contributed by atoms with Gasteiger partial charge in [0, 0.05) is 29.9 Å². The second-order valence-corrected chi connectivity index (χ2v) is 11.7. The first-order valence-corrected chi connectivity index (χ1v) is 14.6. The van der Waals surface area contributed by atoms with Crippen molar-refractivity contribution in [2.45, 2.75) is 50.6 Å². The molecule has 3 saturated heterocycles. The van der Waals surface area contributed by atoms with E-state index in [1.54, 1.807) is 24.4 Å². The van der Waals surface area contributed by atoms with Crippen molar-refractivity contribution < 1.29 is 31.1 Å². The van der Waals surface area contributed by atoms with Gasteiger partial charge in [-0.15, -0.1) is 0 Å². The molecule has 2 N–H and O–H groups in total. The van der Waals surface area contributed by atoms with Crippen molar-refractivity contribution in [2.75, 3.05) is 30.8 Å². The predicted octanol–water partition coefficient (Wildman–Crippen LogP) is 6.89. The number of aromatic nitrogens is 1. The molecule has 45 heavy (non-hydrogen) atoms. The molecule has 1 aromatic heterocycles. The zero-order valence-corrected chi connectivity index (χ0v) is 24.4. The van der Waals surface area contributed by atoms with E-state index in [1.165, 1.54) is 7.11 Å². The summed E-state index contributed by atoms with van der Waals surface area (Å²) in [6, 6.07) is 7.46. The lowest BCUT2D eigenvalue weighted by Gasteiger charge is -2.52. The maximum atomic E-state index is 13.5. The van der Waals surface area contributed by atoms with Crippen LogP contribution >= 0.6 is 0 Å². The van der Waals surface area contributed by atoms with Crippen molar-refractivity contribution in [3.63, 3.8) is 0 Å². The van der Waals surface area contributed by atoms with E-state index in [2.05, 4.69) is 27.4 Å². The number of hydrogen-bond acceptors (Lipinski definition) is 7. The predicted molar refractivity (Wildman–Crippen MR) is 158 cm³/mol. The van der Waals surface area contributed by atoms with Crippen LogP contribution < -0.4 is 26.2 Å². The molecule has 0 radical (unpaired) electrons. The first-order chi connectivity index (χ1) is 21.3. The molecule has 1 unspecified atom stereocenters. The smallest absolute Gasteiger partial charge is 0.416 e. The lowest BCUT2D eigenvalue weighted by molar-refractivity contribution is -0.143. The first-order valence-electron chi connectivity index (χ1n) is 14.6. The number of hydrogen-bond donors (Lipinski definition) is 2. The average Bonchev–Trinajstić information content (AvgIpc) is 3.03. The fourth-order valence-electron chi connectivity index (χ4n) is 6.89. The van der Waals surface area contributed by atoms with Gasteiger partial charge in [-0.1, -0.05) is 13.3 Å². The molecular formula is C32H30F6N4O3. The van der Waals surface area contributed by atoms with Crippen LogP contribution in [0.15, 0.2) is 58.3 Å². The summed E-state index contributed by atoms with van der Waals surface area (Å²) in [7, 11) is 1.53. The van der Waals surface area contributed by atoms with Crippen molar-refractivity contribution in [2.24, 2.45) is 11.8 Å². The standard InChI is InChI=1S/C32H30F6N4O3/c1-3-16-15-42-9-7-17(16)10-25(42)26(22-6-8-39-24-5-4-21(45-2)14-23(22)24)41-28-27(29(43)30(28)44)40-20-12-18(31(33,34)35)11-19(13-20)32(36,37)38/h4-6,8,11-14,16-17,25-26,40-41H,3,7,9-10,15H2,1-2H3/t16-,17+,25+,26+/m1/s1. The van der Waals surface area contributed by atoms with Gasteiger partial charge in [0.2, 0.25) is 0 Å². The van der Waals surface area contributed by atoms with E-state index in [-0.39, 0.29) is 17.8 Å². The number of ether oxygens (including phenoxy) is 1. The lowest BCUT2D eigenvalue weighted by atomic mass is 9.72. The third-order valence-corrected chi connectivity index (χ3v) is 9.23. The maximum Gasteiger partial charge on any atom is 0.416 e. The highest BCUT2D eigenvalue weighted by Gasteiger charge is 2.44. The number of fused-ring (bicyclic) bond motifs is 4. The number of rotatable bonds is 8. The molecule has 2 bridgehead atoms. The van der Waals surface area contributed by atoms with Crippen molar-refractivity contribution >= 4 is 28.0 Å². The van der Waals surface area contributed by atoms with E-state index in [1.807, 2.05) is 6.07 Å². The zero-order chi connectivity index (χ0) is 32.3. The number of halogens is 6. The minimum Gasteiger partial charge on any atom is -0.497 e. The van der Waals surface area contributed by atoms with Crippen molar-refractivity contribution in [1.29, 1.82) is 0 Å². The van der Waals surface area contributed by atoms with Gasteiger partial charge in [0.1, 0.15) is 17.1 Å².